The fourth-order valence-electron chi connectivity index (χ4n) is 1.12. The van der Waals surface area contributed by atoms with Crippen LogP contribution in [0.4, 0.5) is 4.39 Å². The van der Waals surface area contributed by atoms with Gasteiger partial charge in [-0.3, -0.25) is 0 Å². The molecule has 0 aliphatic carbocycles. The number of hydrogen-bond donors (Lipinski definition) is 0. The Morgan fingerprint density at radius 2 is 1.94 bits per heavy atom. The number of benzene rings is 1. The highest BCUT2D eigenvalue weighted by Gasteiger charge is 2.16. The molecule has 0 fully saturated rings. The minimum atomic E-state index is -0.740. The van der Waals surface area contributed by atoms with Crippen LogP contribution in [0.5, 0.6) is 5.75 Å². The van der Waals surface area contributed by atoms with E-state index in [9.17, 15) is 9.18 Å². The van der Waals surface area contributed by atoms with Crippen molar-refractivity contribution in [3.8, 4) is 5.75 Å². The standard InChI is InChI=1S/C11H13FO3.C2H6/c1-7-9(12)5-4-6-10(7)15-8(2)11(13)14-3;1-2/h4-6,8H,1-3H3;1-2H3. The Kier molecular flexibility index (Phi) is 6.94. The molecule has 3 nitrogen and oxygen atoms in total. The van der Waals surface area contributed by atoms with Crippen molar-refractivity contribution in [3.63, 3.8) is 0 Å². The Morgan fingerprint density at radius 1 is 1.35 bits per heavy atom. The first-order valence-electron chi connectivity index (χ1n) is 5.56. The molecule has 0 saturated heterocycles. The van der Waals surface area contributed by atoms with Crippen molar-refractivity contribution in [1.82, 2.24) is 0 Å². The van der Waals surface area contributed by atoms with Crippen LogP contribution < -0.4 is 4.74 Å². The lowest BCUT2D eigenvalue weighted by molar-refractivity contribution is -0.147. The van der Waals surface area contributed by atoms with E-state index >= 15 is 0 Å². The SMILES string of the molecule is CC.COC(=O)C(C)Oc1cccc(F)c1C. The number of esters is 1. The number of carbonyl (C=O) groups is 1. The van der Waals surface area contributed by atoms with Crippen molar-refractivity contribution >= 4 is 5.97 Å². The maximum Gasteiger partial charge on any atom is 0.346 e. The van der Waals surface area contributed by atoms with Gasteiger partial charge in [0.05, 0.1) is 7.11 Å². The summed E-state index contributed by atoms with van der Waals surface area (Å²) in [6.07, 6.45) is -0.740. The van der Waals surface area contributed by atoms with E-state index < -0.39 is 12.1 Å². The Morgan fingerprint density at radius 3 is 2.47 bits per heavy atom. The zero-order chi connectivity index (χ0) is 13.4. The van der Waals surface area contributed by atoms with E-state index in [1.165, 1.54) is 19.2 Å². The molecule has 0 aliphatic rings. The van der Waals surface area contributed by atoms with E-state index in [-0.39, 0.29) is 5.82 Å². The van der Waals surface area contributed by atoms with Crippen LogP contribution in [-0.4, -0.2) is 19.2 Å². The summed E-state index contributed by atoms with van der Waals surface area (Å²) >= 11 is 0. The van der Waals surface area contributed by atoms with Gasteiger partial charge < -0.3 is 9.47 Å². The van der Waals surface area contributed by atoms with Gasteiger partial charge in [-0.25, -0.2) is 9.18 Å². The quantitative estimate of drug-likeness (QED) is 0.764. The van der Waals surface area contributed by atoms with Crippen molar-refractivity contribution in [2.24, 2.45) is 0 Å². The van der Waals surface area contributed by atoms with Crippen LogP contribution in [0.3, 0.4) is 0 Å². The van der Waals surface area contributed by atoms with Crippen molar-refractivity contribution in [3.05, 3.63) is 29.6 Å². The molecular weight excluding hydrogens is 223 g/mol. The predicted octanol–water partition coefficient (Wildman–Crippen LogP) is 3.10. The molecule has 96 valence electrons. The fourth-order valence-corrected chi connectivity index (χ4v) is 1.12. The largest absolute Gasteiger partial charge is 0.479 e. The first-order chi connectivity index (χ1) is 8.06. The number of carbonyl (C=O) groups excluding carboxylic acids is 1. The molecule has 1 atom stereocenters. The summed E-state index contributed by atoms with van der Waals surface area (Å²) in [6.45, 7) is 7.14. The van der Waals surface area contributed by atoms with E-state index in [1.54, 1.807) is 19.9 Å². The first-order valence-corrected chi connectivity index (χ1v) is 5.56. The molecule has 0 heterocycles. The van der Waals surface area contributed by atoms with Gasteiger partial charge >= 0.3 is 5.97 Å². The summed E-state index contributed by atoms with van der Waals surface area (Å²) in [5, 5.41) is 0. The van der Waals surface area contributed by atoms with E-state index in [4.69, 9.17) is 4.74 Å². The highest BCUT2D eigenvalue weighted by atomic mass is 19.1. The minimum Gasteiger partial charge on any atom is -0.479 e. The lowest BCUT2D eigenvalue weighted by atomic mass is 10.2. The second-order valence-electron chi connectivity index (χ2n) is 3.15. The van der Waals surface area contributed by atoms with Crippen LogP contribution in [0.2, 0.25) is 0 Å². The summed E-state index contributed by atoms with van der Waals surface area (Å²) in [5.41, 5.74) is 0.383. The molecule has 1 rings (SSSR count). The molecule has 1 aromatic rings. The zero-order valence-electron chi connectivity index (χ0n) is 10.9. The third-order valence-corrected chi connectivity index (χ3v) is 2.05. The Balaban J connectivity index is 0.00000121. The van der Waals surface area contributed by atoms with Gasteiger partial charge in [0, 0.05) is 5.56 Å². The van der Waals surface area contributed by atoms with Crippen LogP contribution in [0.15, 0.2) is 18.2 Å². The second kappa shape index (κ2) is 7.65. The van der Waals surface area contributed by atoms with Crippen LogP contribution in [0, 0.1) is 12.7 Å². The molecule has 4 heteroatoms. The zero-order valence-corrected chi connectivity index (χ0v) is 10.9. The van der Waals surface area contributed by atoms with Crippen LogP contribution in [-0.2, 0) is 9.53 Å². The summed E-state index contributed by atoms with van der Waals surface area (Å²) in [5.74, 6) is -0.490. The van der Waals surface area contributed by atoms with Crippen LogP contribution in [0.1, 0.15) is 26.3 Å². The summed E-state index contributed by atoms with van der Waals surface area (Å²) in [6, 6.07) is 4.48. The molecule has 0 aromatic heterocycles. The van der Waals surface area contributed by atoms with Crippen molar-refractivity contribution < 1.29 is 18.7 Å². The van der Waals surface area contributed by atoms with Gasteiger partial charge in [0.15, 0.2) is 6.10 Å². The smallest absolute Gasteiger partial charge is 0.346 e. The monoisotopic (exact) mass is 242 g/mol. The molecule has 0 aliphatic heterocycles. The third kappa shape index (κ3) is 4.43. The number of ether oxygens (including phenoxy) is 2. The molecule has 0 radical (unpaired) electrons. The Hall–Kier alpha value is -1.58. The van der Waals surface area contributed by atoms with E-state index in [0.29, 0.717) is 11.3 Å². The van der Waals surface area contributed by atoms with Crippen LogP contribution >= 0.6 is 0 Å². The number of methoxy groups -OCH3 is 1. The molecule has 0 saturated carbocycles. The number of rotatable bonds is 3. The molecule has 1 aromatic carbocycles. The number of hydrogen-bond acceptors (Lipinski definition) is 3. The second-order valence-corrected chi connectivity index (χ2v) is 3.15. The van der Waals surface area contributed by atoms with Gasteiger partial charge in [0.1, 0.15) is 11.6 Å². The van der Waals surface area contributed by atoms with E-state index in [0.717, 1.165) is 0 Å². The molecule has 0 spiro atoms. The van der Waals surface area contributed by atoms with Gasteiger partial charge in [0.25, 0.3) is 0 Å². The normalized spacial score (nSPS) is 10.9. The summed E-state index contributed by atoms with van der Waals surface area (Å²) in [4.78, 5) is 11.1. The Labute approximate surface area is 102 Å². The highest BCUT2D eigenvalue weighted by Crippen LogP contribution is 2.21. The van der Waals surface area contributed by atoms with E-state index in [2.05, 4.69) is 4.74 Å². The van der Waals surface area contributed by atoms with Crippen molar-refractivity contribution in [2.45, 2.75) is 33.8 Å². The van der Waals surface area contributed by atoms with Crippen molar-refractivity contribution in [1.29, 1.82) is 0 Å². The average Bonchev–Trinajstić information content (AvgIpc) is 2.36. The van der Waals surface area contributed by atoms with Gasteiger partial charge in [0.2, 0.25) is 0 Å². The topological polar surface area (TPSA) is 35.5 Å². The van der Waals surface area contributed by atoms with Crippen molar-refractivity contribution in [2.75, 3.05) is 7.11 Å². The lowest BCUT2D eigenvalue weighted by Gasteiger charge is -2.14. The molecule has 0 bridgehead atoms. The summed E-state index contributed by atoms with van der Waals surface area (Å²) in [7, 11) is 1.28. The molecular formula is C13H19FO3. The number of halogens is 1. The maximum atomic E-state index is 13.1. The van der Waals surface area contributed by atoms with Gasteiger partial charge in [-0.05, 0) is 26.0 Å². The third-order valence-electron chi connectivity index (χ3n) is 2.05. The maximum absolute atomic E-state index is 13.1. The Bertz CT molecular complexity index is 364. The predicted molar refractivity (Wildman–Crippen MR) is 64.6 cm³/mol. The van der Waals surface area contributed by atoms with Gasteiger partial charge in [-0.2, -0.15) is 0 Å². The fraction of sp³-hybridized carbons (Fsp3) is 0.462. The van der Waals surface area contributed by atoms with E-state index in [1.807, 2.05) is 13.8 Å². The van der Waals surface area contributed by atoms with Gasteiger partial charge in [-0.15, -0.1) is 0 Å². The highest BCUT2D eigenvalue weighted by molar-refractivity contribution is 5.74. The molecule has 1 unspecified atom stereocenters. The first kappa shape index (κ1) is 15.4. The minimum absolute atomic E-state index is 0.355. The molecule has 17 heavy (non-hydrogen) atoms. The average molecular weight is 242 g/mol. The van der Waals surface area contributed by atoms with Gasteiger partial charge in [-0.1, -0.05) is 19.9 Å². The lowest BCUT2D eigenvalue weighted by Crippen LogP contribution is -2.25. The molecule has 0 amide bonds. The van der Waals surface area contributed by atoms with Crippen LogP contribution in [0.25, 0.3) is 0 Å². The molecule has 0 N–H and O–H groups in total. The summed E-state index contributed by atoms with van der Waals surface area (Å²) < 4.78 is 22.9.